The molecule has 1 heterocycles. The van der Waals surface area contributed by atoms with Gasteiger partial charge in [0.1, 0.15) is 0 Å². The molecule has 5 heteroatoms. The number of carbonyl (C=O) groups is 2. The number of anilines is 2. The number of benzene rings is 1. The van der Waals surface area contributed by atoms with Gasteiger partial charge in [0.2, 0.25) is 11.8 Å². The van der Waals surface area contributed by atoms with Crippen LogP contribution in [0.1, 0.15) is 45.1 Å². The fourth-order valence-electron chi connectivity index (χ4n) is 3.17. The number of aryl methyl sites for hydroxylation is 1. The zero-order valence-electron chi connectivity index (χ0n) is 14.5. The lowest BCUT2D eigenvalue weighted by atomic mass is 9.98. The summed E-state index contributed by atoms with van der Waals surface area (Å²) in [5.41, 5.74) is 8.85. The highest BCUT2D eigenvalue weighted by molar-refractivity contribution is 5.99. The van der Waals surface area contributed by atoms with E-state index in [2.05, 4.69) is 5.32 Å². The van der Waals surface area contributed by atoms with E-state index < -0.39 is 6.04 Å². The summed E-state index contributed by atoms with van der Waals surface area (Å²) < 4.78 is 0. The molecule has 0 saturated heterocycles. The van der Waals surface area contributed by atoms with E-state index in [-0.39, 0.29) is 23.7 Å². The zero-order chi connectivity index (χ0) is 17.3. The summed E-state index contributed by atoms with van der Waals surface area (Å²) in [6.07, 6.45) is 4.85. The summed E-state index contributed by atoms with van der Waals surface area (Å²) >= 11 is 0. The maximum atomic E-state index is 12.5. The molecule has 1 aliphatic carbocycles. The predicted octanol–water partition coefficient (Wildman–Crippen LogP) is 2.69. The van der Waals surface area contributed by atoms with Gasteiger partial charge in [-0.3, -0.25) is 9.59 Å². The number of amides is 2. The van der Waals surface area contributed by atoms with Gasteiger partial charge in [0.15, 0.2) is 0 Å². The van der Waals surface area contributed by atoms with E-state index in [1.807, 2.05) is 36.9 Å². The number of rotatable bonds is 5. The zero-order valence-corrected chi connectivity index (χ0v) is 14.5. The summed E-state index contributed by atoms with van der Waals surface area (Å²) in [7, 11) is 0. The van der Waals surface area contributed by atoms with Gasteiger partial charge in [0.25, 0.3) is 0 Å². The normalized spacial score (nSPS) is 19.4. The van der Waals surface area contributed by atoms with Crippen molar-refractivity contribution in [2.75, 3.05) is 16.8 Å². The first kappa shape index (κ1) is 17.0. The van der Waals surface area contributed by atoms with Gasteiger partial charge in [0.05, 0.1) is 6.04 Å². The van der Waals surface area contributed by atoms with Gasteiger partial charge < -0.3 is 16.0 Å². The van der Waals surface area contributed by atoms with Crippen molar-refractivity contribution < 1.29 is 9.59 Å². The van der Waals surface area contributed by atoms with Crippen molar-refractivity contribution in [2.45, 2.75) is 52.0 Å². The van der Waals surface area contributed by atoms with Crippen LogP contribution in [0.5, 0.6) is 0 Å². The molecule has 2 atom stereocenters. The SMILES string of the molecule is CC[C@H](C)[C@H](N)C(=O)Nc1ccc2c(c1)N(C(=O)C1CC1)CCC2. The molecular formula is C19H27N3O2. The molecule has 1 aliphatic heterocycles. The van der Waals surface area contributed by atoms with Crippen LogP contribution in [-0.4, -0.2) is 24.4 Å². The maximum Gasteiger partial charge on any atom is 0.241 e. The Bertz CT molecular complexity index is 639. The van der Waals surface area contributed by atoms with E-state index in [1.54, 1.807) is 0 Å². The number of nitrogens with one attached hydrogen (secondary N) is 1. The average Bonchev–Trinajstić information content (AvgIpc) is 3.44. The monoisotopic (exact) mass is 329 g/mol. The smallest absolute Gasteiger partial charge is 0.241 e. The lowest BCUT2D eigenvalue weighted by molar-refractivity contribution is -0.120. The second kappa shape index (κ2) is 6.93. The molecule has 0 bridgehead atoms. The number of nitrogens with zero attached hydrogens (tertiary/aromatic N) is 1. The second-order valence-electron chi connectivity index (χ2n) is 7.11. The Hall–Kier alpha value is -1.88. The van der Waals surface area contributed by atoms with Crippen molar-refractivity contribution in [1.29, 1.82) is 0 Å². The van der Waals surface area contributed by atoms with Gasteiger partial charge in [0, 0.05) is 23.8 Å². The highest BCUT2D eigenvalue weighted by Gasteiger charge is 2.35. The molecule has 1 aromatic rings. The van der Waals surface area contributed by atoms with Gasteiger partial charge in [-0.15, -0.1) is 0 Å². The van der Waals surface area contributed by atoms with Crippen LogP contribution < -0.4 is 16.0 Å². The first-order chi connectivity index (χ1) is 11.5. The summed E-state index contributed by atoms with van der Waals surface area (Å²) in [5.74, 6) is 0.402. The molecule has 3 N–H and O–H groups in total. The van der Waals surface area contributed by atoms with Crippen molar-refractivity contribution in [1.82, 2.24) is 0 Å². The molecule has 0 aromatic heterocycles. The molecule has 1 saturated carbocycles. The Morgan fingerprint density at radius 1 is 1.38 bits per heavy atom. The minimum absolute atomic E-state index is 0.135. The van der Waals surface area contributed by atoms with Crippen LogP contribution in [0.4, 0.5) is 11.4 Å². The topological polar surface area (TPSA) is 75.4 Å². The number of fused-ring (bicyclic) bond motifs is 1. The van der Waals surface area contributed by atoms with Crippen LogP contribution in [0.25, 0.3) is 0 Å². The van der Waals surface area contributed by atoms with Crippen molar-refractivity contribution in [2.24, 2.45) is 17.6 Å². The second-order valence-corrected chi connectivity index (χ2v) is 7.11. The van der Waals surface area contributed by atoms with E-state index in [0.717, 1.165) is 44.3 Å². The molecule has 1 aromatic carbocycles. The minimum atomic E-state index is -0.518. The van der Waals surface area contributed by atoms with E-state index in [9.17, 15) is 9.59 Å². The van der Waals surface area contributed by atoms with Crippen LogP contribution >= 0.6 is 0 Å². The third-order valence-corrected chi connectivity index (χ3v) is 5.22. The molecule has 2 aliphatic rings. The van der Waals surface area contributed by atoms with Crippen molar-refractivity contribution in [3.8, 4) is 0 Å². The third kappa shape index (κ3) is 3.46. The first-order valence-electron chi connectivity index (χ1n) is 9.02. The quantitative estimate of drug-likeness (QED) is 0.872. The Balaban J connectivity index is 1.78. The predicted molar refractivity (Wildman–Crippen MR) is 95.9 cm³/mol. The fraction of sp³-hybridized carbons (Fsp3) is 0.579. The maximum absolute atomic E-state index is 12.5. The standard InChI is InChI=1S/C19H27N3O2/c1-3-12(2)17(20)18(23)21-15-9-8-13-5-4-10-22(16(13)11-15)19(24)14-6-7-14/h8-9,11-12,14,17H,3-7,10,20H2,1-2H3,(H,21,23)/t12-,17-/m0/s1. The highest BCUT2D eigenvalue weighted by atomic mass is 16.2. The lowest BCUT2D eigenvalue weighted by Crippen LogP contribution is -2.40. The van der Waals surface area contributed by atoms with Gasteiger partial charge in [-0.1, -0.05) is 26.3 Å². The van der Waals surface area contributed by atoms with Crippen LogP contribution in [0.15, 0.2) is 18.2 Å². The number of hydrogen-bond donors (Lipinski definition) is 2. The van der Waals surface area contributed by atoms with E-state index in [1.165, 1.54) is 5.56 Å². The van der Waals surface area contributed by atoms with Crippen LogP contribution in [-0.2, 0) is 16.0 Å². The molecule has 0 radical (unpaired) electrons. The Labute approximate surface area is 143 Å². The molecule has 3 rings (SSSR count). The lowest BCUT2D eigenvalue weighted by Gasteiger charge is -2.30. The molecule has 1 fully saturated rings. The van der Waals surface area contributed by atoms with Crippen molar-refractivity contribution in [3.63, 3.8) is 0 Å². The van der Waals surface area contributed by atoms with E-state index in [4.69, 9.17) is 5.73 Å². The Morgan fingerprint density at radius 3 is 2.79 bits per heavy atom. The summed E-state index contributed by atoms with van der Waals surface area (Å²) in [6, 6.07) is 5.34. The molecule has 0 spiro atoms. The average molecular weight is 329 g/mol. The van der Waals surface area contributed by atoms with E-state index >= 15 is 0 Å². The molecule has 5 nitrogen and oxygen atoms in total. The van der Waals surface area contributed by atoms with Crippen molar-refractivity contribution >= 4 is 23.2 Å². The minimum Gasteiger partial charge on any atom is -0.325 e. The number of carbonyl (C=O) groups excluding carboxylic acids is 2. The summed E-state index contributed by atoms with van der Waals surface area (Å²) in [5, 5.41) is 2.91. The fourth-order valence-corrected chi connectivity index (χ4v) is 3.17. The van der Waals surface area contributed by atoms with Crippen LogP contribution in [0, 0.1) is 11.8 Å². The number of nitrogens with two attached hydrogens (primary N) is 1. The highest BCUT2D eigenvalue weighted by Crippen LogP contribution is 2.36. The van der Waals surface area contributed by atoms with Gasteiger partial charge in [-0.05, 0) is 49.3 Å². The van der Waals surface area contributed by atoms with Gasteiger partial charge >= 0.3 is 0 Å². The Morgan fingerprint density at radius 2 is 2.12 bits per heavy atom. The van der Waals surface area contributed by atoms with Crippen LogP contribution in [0.3, 0.4) is 0 Å². The van der Waals surface area contributed by atoms with E-state index in [0.29, 0.717) is 5.69 Å². The first-order valence-corrected chi connectivity index (χ1v) is 9.02. The summed E-state index contributed by atoms with van der Waals surface area (Å²) in [6.45, 7) is 4.78. The van der Waals surface area contributed by atoms with Crippen LogP contribution in [0.2, 0.25) is 0 Å². The Kier molecular flexibility index (Phi) is 4.90. The third-order valence-electron chi connectivity index (χ3n) is 5.22. The number of hydrogen-bond acceptors (Lipinski definition) is 3. The molecule has 130 valence electrons. The van der Waals surface area contributed by atoms with Gasteiger partial charge in [-0.2, -0.15) is 0 Å². The molecule has 0 unspecified atom stereocenters. The molecular weight excluding hydrogens is 302 g/mol. The largest absolute Gasteiger partial charge is 0.325 e. The van der Waals surface area contributed by atoms with Gasteiger partial charge in [-0.25, -0.2) is 0 Å². The molecule has 2 amide bonds. The van der Waals surface area contributed by atoms with Crippen molar-refractivity contribution in [3.05, 3.63) is 23.8 Å². The molecule has 24 heavy (non-hydrogen) atoms. The summed E-state index contributed by atoms with van der Waals surface area (Å²) in [4.78, 5) is 26.7.